The molecule has 32 heavy (non-hydrogen) atoms. The molecule has 0 unspecified atom stereocenters. The first kappa shape index (κ1) is 29.0. The van der Waals surface area contributed by atoms with Crippen LogP contribution in [0.4, 0.5) is 0 Å². The molecule has 0 aliphatic heterocycles. The number of aromatic nitrogens is 6. The number of nitrogens with zero attached hydrogens (tertiary/aromatic N) is 6. The Morgan fingerprint density at radius 1 is 0.688 bits per heavy atom. The first-order valence-corrected chi connectivity index (χ1v) is 11.3. The van der Waals surface area contributed by atoms with Crippen LogP contribution < -0.4 is 39.4 Å². The Morgan fingerprint density at radius 3 is 1.50 bits per heavy atom. The van der Waals surface area contributed by atoms with E-state index in [2.05, 4.69) is 80.3 Å². The van der Waals surface area contributed by atoms with Crippen molar-refractivity contribution in [3.63, 3.8) is 0 Å². The summed E-state index contributed by atoms with van der Waals surface area (Å²) in [6.45, 7) is 1.45. The molecule has 0 aliphatic rings. The normalized spacial score (nSPS) is 9.56. The minimum absolute atomic E-state index is 0. The Balaban J connectivity index is 0.000000289. The topological polar surface area (TPSA) is 93.7 Å². The van der Waals surface area contributed by atoms with Crippen molar-refractivity contribution in [1.82, 2.24) is 29.5 Å². The van der Waals surface area contributed by atoms with Crippen molar-refractivity contribution in [3.8, 4) is 6.01 Å². The Labute approximate surface area is 234 Å². The zero-order chi connectivity index (χ0) is 22.6. The van der Waals surface area contributed by atoms with E-state index in [1.54, 1.807) is 7.11 Å². The first-order valence-electron chi connectivity index (χ1n) is 8.94. The number of methoxy groups -OCH3 is 1. The molecule has 0 aliphatic carbocycles. The predicted octanol–water partition coefficient (Wildman–Crippen LogP) is 0.929. The number of hydrogen-bond acceptors (Lipinski definition) is 6. The predicted molar refractivity (Wildman–Crippen MR) is 127 cm³/mol. The van der Waals surface area contributed by atoms with E-state index in [0.29, 0.717) is 17.3 Å². The second-order valence-corrected chi connectivity index (χ2v) is 7.97. The Hall–Kier alpha value is -1.08. The van der Waals surface area contributed by atoms with Gasteiger partial charge in [-0.3, -0.25) is 9.13 Å². The summed E-state index contributed by atoms with van der Waals surface area (Å²) in [5.41, 5.74) is 2.39. The number of ether oxygens (including phenoxy) is 1. The van der Waals surface area contributed by atoms with Gasteiger partial charge >= 0.3 is 35.6 Å². The van der Waals surface area contributed by atoms with E-state index in [0.717, 1.165) is 23.1 Å². The maximum atomic E-state index is 8.25. The van der Waals surface area contributed by atoms with Gasteiger partial charge in [-0.25, -0.2) is 0 Å². The number of rotatable bonds is 5. The molecule has 2 aromatic carbocycles. The van der Waals surface area contributed by atoms with Crippen LogP contribution in [0.5, 0.6) is 6.01 Å². The monoisotopic (exact) mass is 636 g/mol. The zero-order valence-electron chi connectivity index (χ0n) is 17.8. The third-order valence-electron chi connectivity index (χ3n) is 3.88. The molecule has 0 N–H and O–H groups in total. The maximum Gasteiger partial charge on any atom is 1.00 e. The van der Waals surface area contributed by atoms with Gasteiger partial charge in [0.1, 0.15) is 0 Å². The zero-order valence-corrected chi connectivity index (χ0v) is 24.6. The van der Waals surface area contributed by atoms with E-state index >= 15 is 0 Å². The molecule has 12 heteroatoms. The van der Waals surface area contributed by atoms with Crippen molar-refractivity contribution >= 4 is 47.8 Å². The van der Waals surface area contributed by atoms with E-state index < -0.39 is 0 Å². The Morgan fingerprint density at radius 2 is 1.06 bits per heavy atom. The van der Waals surface area contributed by atoms with Crippen molar-refractivity contribution < 1.29 is 39.4 Å². The van der Waals surface area contributed by atoms with Crippen LogP contribution in [0.15, 0.2) is 74.9 Å². The molecule has 164 valence electrons. The molecule has 0 saturated carbocycles. The third kappa shape index (κ3) is 8.69. The summed E-state index contributed by atoms with van der Waals surface area (Å²) in [5.74, 6) is 0. The molecule has 0 atom stereocenters. The van der Waals surface area contributed by atoms with Gasteiger partial charge < -0.3 is 9.84 Å². The molecule has 0 bridgehead atoms. The van der Waals surface area contributed by atoms with Gasteiger partial charge in [0.15, 0.2) is 0 Å². The fourth-order valence-electron chi connectivity index (χ4n) is 2.48. The molecule has 0 fully saturated rings. The van der Waals surface area contributed by atoms with Gasteiger partial charge in [-0.05, 0) is 58.9 Å². The van der Waals surface area contributed by atoms with Crippen LogP contribution in [0.25, 0.3) is 0 Å². The quantitative estimate of drug-likeness (QED) is 0.302. The van der Waals surface area contributed by atoms with Gasteiger partial charge in [0.25, 0.3) is 0 Å². The summed E-state index contributed by atoms with van der Waals surface area (Å²) in [5, 5.41) is 23.8. The first-order chi connectivity index (χ1) is 15.1. The molecule has 4 rings (SSSR count). The third-order valence-corrected chi connectivity index (χ3v) is 5.64. The maximum absolute atomic E-state index is 8.25. The standard InChI is InChI=1S/C10H10BrN3O.C9H7Br2N3.CH3O.Na/c1-15-10-13-12-9(11)14(10)7-8-5-3-2-4-6-8;10-8-12-13-9(11)14(8)6-7-4-2-1-3-5-7;1-2;/h2-6H,7H2,1H3;1-5H,6H2;1H3;/q;;-1;+1. The van der Waals surface area contributed by atoms with Gasteiger partial charge in [-0.2, -0.15) is 7.11 Å². The molecule has 8 nitrogen and oxygen atoms in total. The number of hydrogen-bond donors (Lipinski definition) is 0. The van der Waals surface area contributed by atoms with Gasteiger partial charge in [0.05, 0.1) is 20.2 Å². The Kier molecular flexibility index (Phi) is 14.2. The molecule has 2 heterocycles. The largest absolute Gasteiger partial charge is 1.00 e. The number of halogens is 3. The van der Waals surface area contributed by atoms with Gasteiger partial charge in [0, 0.05) is 0 Å². The van der Waals surface area contributed by atoms with Gasteiger partial charge in [-0.15, -0.1) is 15.3 Å². The van der Waals surface area contributed by atoms with E-state index in [-0.39, 0.29) is 29.6 Å². The molecular formula is C20H20Br3N6NaO2. The summed E-state index contributed by atoms with van der Waals surface area (Å²) in [6.07, 6.45) is 0. The van der Waals surface area contributed by atoms with Crippen molar-refractivity contribution in [2.24, 2.45) is 0 Å². The summed E-state index contributed by atoms with van der Waals surface area (Å²) in [6, 6.07) is 20.8. The fourth-order valence-corrected chi connectivity index (χ4v) is 3.82. The molecule has 0 amide bonds. The second-order valence-electron chi connectivity index (χ2n) is 5.84. The van der Waals surface area contributed by atoms with Crippen molar-refractivity contribution in [2.45, 2.75) is 13.1 Å². The average molecular weight is 639 g/mol. The second kappa shape index (κ2) is 15.7. The summed E-state index contributed by atoms with van der Waals surface area (Å²) >= 11 is 9.99. The summed E-state index contributed by atoms with van der Waals surface area (Å²) in [7, 11) is 2.33. The Bertz CT molecular complexity index is 1030. The van der Waals surface area contributed by atoms with Crippen LogP contribution in [0.3, 0.4) is 0 Å². The van der Waals surface area contributed by atoms with Crippen LogP contribution in [0, 0.1) is 0 Å². The van der Waals surface area contributed by atoms with E-state index in [9.17, 15) is 0 Å². The number of benzene rings is 2. The minimum Gasteiger partial charge on any atom is -0.857 e. The van der Waals surface area contributed by atoms with E-state index in [1.165, 1.54) is 11.1 Å². The van der Waals surface area contributed by atoms with Gasteiger partial charge in [0.2, 0.25) is 14.2 Å². The summed E-state index contributed by atoms with van der Waals surface area (Å²) in [4.78, 5) is 0. The van der Waals surface area contributed by atoms with Crippen molar-refractivity contribution in [3.05, 3.63) is 86.0 Å². The van der Waals surface area contributed by atoms with Crippen molar-refractivity contribution in [1.29, 1.82) is 0 Å². The fraction of sp³-hybridized carbons (Fsp3) is 0.200. The van der Waals surface area contributed by atoms with E-state index in [1.807, 2.05) is 57.7 Å². The van der Waals surface area contributed by atoms with Crippen LogP contribution in [-0.4, -0.2) is 43.7 Å². The molecular weight excluding hydrogens is 619 g/mol. The van der Waals surface area contributed by atoms with Crippen LogP contribution in [-0.2, 0) is 13.1 Å². The van der Waals surface area contributed by atoms with Crippen LogP contribution >= 0.6 is 47.8 Å². The SMILES string of the molecule is Brc1nnc(Br)n1Cc1ccccc1.COc1nnc(Br)n1Cc1ccccc1.C[O-].[Na+]. The van der Waals surface area contributed by atoms with Crippen LogP contribution in [0.2, 0.25) is 0 Å². The van der Waals surface area contributed by atoms with E-state index in [4.69, 9.17) is 9.84 Å². The van der Waals surface area contributed by atoms with Gasteiger partial charge in [-0.1, -0.05) is 65.8 Å². The summed E-state index contributed by atoms with van der Waals surface area (Å²) < 4.78 is 11.0. The molecule has 0 spiro atoms. The average Bonchev–Trinajstić information content (AvgIpc) is 3.33. The molecule has 0 radical (unpaired) electrons. The van der Waals surface area contributed by atoms with Crippen LogP contribution in [0.1, 0.15) is 11.1 Å². The molecule has 2 aromatic heterocycles. The molecule has 0 saturated heterocycles. The molecule has 4 aromatic rings. The van der Waals surface area contributed by atoms with Crippen molar-refractivity contribution in [2.75, 3.05) is 14.2 Å². The minimum atomic E-state index is 0. The smallest absolute Gasteiger partial charge is 0.857 e.